The minimum absolute atomic E-state index is 0.0337. The highest BCUT2D eigenvalue weighted by Crippen LogP contribution is 2.44. The van der Waals surface area contributed by atoms with Crippen molar-refractivity contribution in [1.29, 1.82) is 0 Å². The Balaban J connectivity index is 1.77. The second-order valence-corrected chi connectivity index (χ2v) is 6.36. The normalized spacial score (nSPS) is 19.9. The van der Waals surface area contributed by atoms with Crippen LogP contribution in [0.3, 0.4) is 0 Å². The fourth-order valence-electron chi connectivity index (χ4n) is 3.10. The Hall–Kier alpha value is -2.37. The van der Waals surface area contributed by atoms with Crippen LogP contribution in [0.4, 0.5) is 5.69 Å². The molecule has 0 radical (unpaired) electrons. The monoisotopic (exact) mass is 316 g/mol. The molecule has 2 fully saturated rings. The molecule has 1 saturated heterocycles. The van der Waals surface area contributed by atoms with Gasteiger partial charge in [0.1, 0.15) is 6.54 Å². The maximum atomic E-state index is 12.1. The zero-order valence-electron chi connectivity index (χ0n) is 13.1. The number of hydrogen-bond acceptors (Lipinski definition) is 3. The van der Waals surface area contributed by atoms with Crippen LogP contribution in [-0.2, 0) is 14.4 Å². The molecule has 0 aromatic heterocycles. The summed E-state index contributed by atoms with van der Waals surface area (Å²) in [6.45, 7) is 0.139. The highest BCUT2D eigenvalue weighted by molar-refractivity contribution is 6.04. The van der Waals surface area contributed by atoms with Gasteiger partial charge in [0.2, 0.25) is 11.8 Å². The summed E-state index contributed by atoms with van der Waals surface area (Å²) in [6, 6.07) is 7.39. The largest absolute Gasteiger partial charge is 0.481 e. The predicted octanol–water partition coefficient (Wildman–Crippen LogP) is 1.46. The Bertz CT molecular complexity index is 636. The van der Waals surface area contributed by atoms with Gasteiger partial charge in [0.15, 0.2) is 0 Å². The Kier molecular flexibility index (Phi) is 4.07. The molecule has 2 amide bonds. The predicted molar refractivity (Wildman–Crippen MR) is 84.1 cm³/mol. The first-order valence-corrected chi connectivity index (χ1v) is 7.82. The van der Waals surface area contributed by atoms with Gasteiger partial charge in [-0.15, -0.1) is 0 Å². The van der Waals surface area contributed by atoms with Crippen LogP contribution in [0.15, 0.2) is 24.3 Å². The summed E-state index contributed by atoms with van der Waals surface area (Å²) in [6.07, 6.45) is 2.28. The highest BCUT2D eigenvalue weighted by Gasteiger charge is 2.34. The third-order valence-electron chi connectivity index (χ3n) is 4.61. The van der Waals surface area contributed by atoms with E-state index in [-0.39, 0.29) is 37.2 Å². The summed E-state index contributed by atoms with van der Waals surface area (Å²) in [4.78, 5) is 37.8. The first-order chi connectivity index (χ1) is 11.0. The first kappa shape index (κ1) is 15.5. The van der Waals surface area contributed by atoms with E-state index in [2.05, 4.69) is 0 Å². The summed E-state index contributed by atoms with van der Waals surface area (Å²) in [5.41, 5.74) is 1.68. The maximum absolute atomic E-state index is 12.1. The second-order valence-electron chi connectivity index (χ2n) is 6.36. The van der Waals surface area contributed by atoms with Crippen molar-refractivity contribution in [3.8, 4) is 0 Å². The van der Waals surface area contributed by atoms with Gasteiger partial charge in [-0.2, -0.15) is 0 Å². The van der Waals surface area contributed by atoms with Gasteiger partial charge in [0.05, 0.1) is 13.0 Å². The van der Waals surface area contributed by atoms with Crippen molar-refractivity contribution in [1.82, 2.24) is 4.90 Å². The van der Waals surface area contributed by atoms with Gasteiger partial charge in [-0.1, -0.05) is 12.1 Å². The molecule has 2 aliphatic rings. The number of likely N-dealkylation sites (N-methyl/N-ethyl adjacent to an activating group) is 1. The van der Waals surface area contributed by atoms with E-state index < -0.39 is 5.97 Å². The lowest BCUT2D eigenvalue weighted by Gasteiger charge is -2.31. The van der Waals surface area contributed by atoms with Crippen molar-refractivity contribution in [3.63, 3.8) is 0 Å². The van der Waals surface area contributed by atoms with Crippen molar-refractivity contribution >= 4 is 23.5 Å². The Morgan fingerprint density at radius 2 is 1.83 bits per heavy atom. The molecule has 1 heterocycles. The van der Waals surface area contributed by atoms with Crippen LogP contribution in [0.5, 0.6) is 0 Å². The fraction of sp³-hybridized carbons (Fsp3) is 0.471. The van der Waals surface area contributed by atoms with E-state index in [1.807, 2.05) is 24.3 Å². The molecular formula is C17H20N2O4. The minimum atomic E-state index is -0.786. The van der Waals surface area contributed by atoms with Gasteiger partial charge in [-0.05, 0) is 42.4 Å². The third-order valence-corrected chi connectivity index (χ3v) is 4.61. The quantitative estimate of drug-likeness (QED) is 0.892. The van der Waals surface area contributed by atoms with Crippen molar-refractivity contribution in [3.05, 3.63) is 29.8 Å². The number of carboxylic acid groups (broad SMARTS) is 1. The number of carbonyl (C=O) groups excluding carboxylic acids is 2. The first-order valence-electron chi connectivity index (χ1n) is 7.82. The van der Waals surface area contributed by atoms with Gasteiger partial charge < -0.3 is 14.9 Å². The Labute approximate surface area is 134 Å². The van der Waals surface area contributed by atoms with Crippen molar-refractivity contribution < 1.29 is 19.5 Å². The van der Waals surface area contributed by atoms with Gasteiger partial charge >= 0.3 is 5.97 Å². The van der Waals surface area contributed by atoms with Crippen LogP contribution in [0.2, 0.25) is 0 Å². The molecule has 0 spiro atoms. The topological polar surface area (TPSA) is 77.9 Å². The smallest absolute Gasteiger partial charge is 0.303 e. The zero-order valence-corrected chi connectivity index (χ0v) is 13.1. The Morgan fingerprint density at radius 3 is 2.39 bits per heavy atom. The molecule has 3 rings (SSSR count). The number of aliphatic carboxylic acids is 1. The molecule has 1 saturated carbocycles. The second kappa shape index (κ2) is 6.02. The van der Waals surface area contributed by atoms with Crippen LogP contribution < -0.4 is 4.90 Å². The molecule has 1 aliphatic carbocycles. The zero-order chi connectivity index (χ0) is 16.6. The molecule has 1 aromatic rings. The molecule has 6 nitrogen and oxygen atoms in total. The summed E-state index contributed by atoms with van der Waals surface area (Å²) >= 11 is 0. The molecule has 1 N–H and O–H groups in total. The Morgan fingerprint density at radius 1 is 1.17 bits per heavy atom. The number of nitrogens with zero attached hydrogens (tertiary/aromatic N) is 2. The van der Waals surface area contributed by atoms with E-state index in [4.69, 9.17) is 5.11 Å². The summed E-state index contributed by atoms with van der Waals surface area (Å²) < 4.78 is 0. The van der Waals surface area contributed by atoms with E-state index in [9.17, 15) is 14.4 Å². The van der Waals surface area contributed by atoms with E-state index in [1.54, 1.807) is 7.05 Å². The van der Waals surface area contributed by atoms with Crippen molar-refractivity contribution in [2.24, 2.45) is 5.92 Å². The van der Waals surface area contributed by atoms with Crippen LogP contribution in [0.25, 0.3) is 0 Å². The lowest BCUT2D eigenvalue weighted by atomic mass is 9.91. The maximum Gasteiger partial charge on any atom is 0.303 e. The summed E-state index contributed by atoms with van der Waals surface area (Å²) in [5, 5.41) is 9.07. The highest BCUT2D eigenvalue weighted by atomic mass is 16.4. The molecule has 1 aromatic carbocycles. The molecule has 1 atom stereocenters. The molecule has 6 heteroatoms. The van der Waals surface area contributed by atoms with Crippen LogP contribution >= 0.6 is 0 Å². The van der Waals surface area contributed by atoms with Crippen LogP contribution in [0.1, 0.15) is 30.7 Å². The van der Waals surface area contributed by atoms with E-state index >= 15 is 0 Å². The third kappa shape index (κ3) is 3.36. The van der Waals surface area contributed by atoms with Gasteiger partial charge in [0.25, 0.3) is 0 Å². The van der Waals surface area contributed by atoms with Crippen molar-refractivity contribution in [2.45, 2.75) is 25.2 Å². The fourth-order valence-corrected chi connectivity index (χ4v) is 3.10. The van der Waals surface area contributed by atoms with Gasteiger partial charge in [-0.3, -0.25) is 14.4 Å². The SMILES string of the molecule is CN1CC(=O)N(c2ccc(C(CC(=O)O)C3CC3)cc2)CC1=O. The lowest BCUT2D eigenvalue weighted by molar-refractivity contribution is -0.137. The molecule has 23 heavy (non-hydrogen) atoms. The number of rotatable bonds is 5. The van der Waals surface area contributed by atoms with Gasteiger partial charge in [-0.25, -0.2) is 0 Å². The molecular weight excluding hydrogens is 296 g/mol. The molecule has 1 unspecified atom stereocenters. The number of benzene rings is 1. The number of hydrogen-bond donors (Lipinski definition) is 1. The average Bonchev–Trinajstić information content (AvgIpc) is 3.33. The number of carbonyl (C=O) groups is 3. The number of anilines is 1. The average molecular weight is 316 g/mol. The number of piperazine rings is 1. The molecule has 0 bridgehead atoms. The van der Waals surface area contributed by atoms with Gasteiger partial charge in [0, 0.05) is 12.7 Å². The summed E-state index contributed by atoms with van der Waals surface area (Å²) in [7, 11) is 1.62. The van der Waals surface area contributed by atoms with Crippen LogP contribution in [0, 0.1) is 5.92 Å². The van der Waals surface area contributed by atoms with Crippen LogP contribution in [-0.4, -0.2) is 47.9 Å². The van der Waals surface area contributed by atoms with E-state index in [0.717, 1.165) is 18.4 Å². The number of amides is 2. The standard InChI is InChI=1S/C17H20N2O4/c1-18-9-16(21)19(10-15(18)20)13-6-4-12(5-7-13)14(8-17(22)23)11-2-3-11/h4-7,11,14H,2-3,8-10H2,1H3,(H,22,23). The molecule has 1 aliphatic heterocycles. The van der Waals surface area contributed by atoms with E-state index in [1.165, 1.54) is 9.80 Å². The summed E-state index contributed by atoms with van der Waals surface area (Å²) in [5.74, 6) is -0.500. The molecule has 122 valence electrons. The van der Waals surface area contributed by atoms with Crippen molar-refractivity contribution in [2.75, 3.05) is 25.0 Å². The lowest BCUT2D eigenvalue weighted by Crippen LogP contribution is -2.52. The minimum Gasteiger partial charge on any atom is -0.481 e. The number of carboxylic acids is 1. The van der Waals surface area contributed by atoms with E-state index in [0.29, 0.717) is 11.6 Å².